The number of hydrogen-bond donors (Lipinski definition) is 1. The van der Waals surface area contributed by atoms with Crippen molar-refractivity contribution in [3.05, 3.63) is 28.8 Å². The monoisotopic (exact) mass is 258 g/mol. The molecule has 1 aromatic rings. The number of benzene rings is 1. The minimum atomic E-state index is -0.796. The fourth-order valence-electron chi connectivity index (χ4n) is 1.55. The fourth-order valence-corrected chi connectivity index (χ4v) is 2.34. The summed E-state index contributed by atoms with van der Waals surface area (Å²) in [6, 6.07) is 5.72. The molecule has 16 heavy (non-hydrogen) atoms. The van der Waals surface area contributed by atoms with Crippen LogP contribution in [0.5, 0.6) is 0 Å². The molecule has 0 fully saturated rings. The van der Waals surface area contributed by atoms with E-state index >= 15 is 0 Å². The van der Waals surface area contributed by atoms with Crippen LogP contribution in [0, 0.1) is 0 Å². The summed E-state index contributed by atoms with van der Waals surface area (Å²) in [5.41, 5.74) is 0.563. The van der Waals surface area contributed by atoms with Gasteiger partial charge in [0.1, 0.15) is 0 Å². The van der Waals surface area contributed by atoms with E-state index < -0.39 is 11.4 Å². The fraction of sp³-hybridized carbons (Fsp3) is 0.417. The molecule has 1 rings (SSSR count). The van der Waals surface area contributed by atoms with Crippen LogP contribution in [0.2, 0.25) is 5.02 Å². The Balaban J connectivity index is 3.11. The number of halogens is 1. The SMILES string of the molecule is CSc1cc(Cl)cc(C(C)(C)CC(=O)O)c1. The molecule has 0 saturated carbocycles. The zero-order valence-corrected chi connectivity index (χ0v) is 11.2. The second kappa shape index (κ2) is 5.11. The lowest BCUT2D eigenvalue weighted by Crippen LogP contribution is -2.21. The summed E-state index contributed by atoms with van der Waals surface area (Å²) in [7, 11) is 0. The highest BCUT2D eigenvalue weighted by Gasteiger charge is 2.24. The third-order valence-electron chi connectivity index (χ3n) is 2.48. The van der Waals surface area contributed by atoms with Crippen LogP contribution in [-0.2, 0) is 10.2 Å². The number of carboxylic acid groups (broad SMARTS) is 1. The zero-order valence-electron chi connectivity index (χ0n) is 9.58. The van der Waals surface area contributed by atoms with Gasteiger partial charge in [0.2, 0.25) is 0 Å². The van der Waals surface area contributed by atoms with Crippen molar-refractivity contribution in [1.82, 2.24) is 0 Å². The highest BCUT2D eigenvalue weighted by atomic mass is 35.5. The minimum Gasteiger partial charge on any atom is -0.481 e. The maximum Gasteiger partial charge on any atom is 0.304 e. The van der Waals surface area contributed by atoms with E-state index in [0.29, 0.717) is 5.02 Å². The van der Waals surface area contributed by atoms with Crippen molar-refractivity contribution in [3.8, 4) is 0 Å². The van der Waals surface area contributed by atoms with Crippen LogP contribution in [-0.4, -0.2) is 17.3 Å². The van der Waals surface area contributed by atoms with Gasteiger partial charge in [0, 0.05) is 15.3 Å². The number of aliphatic carboxylic acids is 1. The number of carbonyl (C=O) groups is 1. The molecule has 0 unspecified atom stereocenters. The van der Waals surface area contributed by atoms with E-state index in [-0.39, 0.29) is 6.42 Å². The lowest BCUT2D eigenvalue weighted by Gasteiger charge is -2.23. The molecule has 0 bridgehead atoms. The normalized spacial score (nSPS) is 11.5. The van der Waals surface area contributed by atoms with Gasteiger partial charge in [-0.2, -0.15) is 0 Å². The zero-order chi connectivity index (χ0) is 12.3. The molecule has 0 spiro atoms. The van der Waals surface area contributed by atoms with Gasteiger partial charge in [0.05, 0.1) is 6.42 Å². The average Bonchev–Trinajstić information content (AvgIpc) is 2.14. The van der Waals surface area contributed by atoms with Crippen molar-refractivity contribution < 1.29 is 9.90 Å². The van der Waals surface area contributed by atoms with Crippen molar-refractivity contribution in [3.63, 3.8) is 0 Å². The Bertz CT molecular complexity index is 402. The summed E-state index contributed by atoms with van der Waals surface area (Å²) in [6.45, 7) is 3.83. The molecular formula is C12H15ClO2S. The Kier molecular flexibility index (Phi) is 4.28. The van der Waals surface area contributed by atoms with E-state index in [1.165, 1.54) is 0 Å². The standard InChI is InChI=1S/C12H15ClO2S/c1-12(2,7-11(14)15)8-4-9(13)6-10(5-8)16-3/h4-6H,7H2,1-3H3,(H,14,15). The van der Waals surface area contributed by atoms with Gasteiger partial charge in [0.15, 0.2) is 0 Å². The van der Waals surface area contributed by atoms with Crippen LogP contribution in [0.25, 0.3) is 0 Å². The van der Waals surface area contributed by atoms with Crippen LogP contribution < -0.4 is 0 Å². The second-order valence-corrected chi connectivity index (χ2v) is 5.65. The van der Waals surface area contributed by atoms with E-state index in [9.17, 15) is 4.79 Å². The van der Waals surface area contributed by atoms with Crippen LogP contribution in [0.15, 0.2) is 23.1 Å². The van der Waals surface area contributed by atoms with Crippen LogP contribution in [0.3, 0.4) is 0 Å². The molecule has 88 valence electrons. The van der Waals surface area contributed by atoms with Crippen LogP contribution >= 0.6 is 23.4 Å². The first-order chi connectivity index (χ1) is 7.35. The van der Waals surface area contributed by atoms with Gasteiger partial charge in [-0.3, -0.25) is 4.79 Å². The lowest BCUT2D eigenvalue weighted by molar-refractivity contribution is -0.138. The average molecular weight is 259 g/mol. The summed E-state index contributed by atoms with van der Waals surface area (Å²) >= 11 is 7.61. The predicted octanol–water partition coefficient (Wildman–Crippen LogP) is 3.81. The van der Waals surface area contributed by atoms with E-state index in [4.69, 9.17) is 16.7 Å². The molecule has 0 radical (unpaired) electrons. The molecular weight excluding hydrogens is 244 g/mol. The highest BCUT2D eigenvalue weighted by molar-refractivity contribution is 7.98. The van der Waals surface area contributed by atoms with Gasteiger partial charge in [-0.25, -0.2) is 0 Å². The Hall–Kier alpha value is -0.670. The largest absolute Gasteiger partial charge is 0.481 e. The minimum absolute atomic E-state index is 0.0984. The molecule has 0 aromatic heterocycles. The Labute approximate surface area is 105 Å². The van der Waals surface area contributed by atoms with Gasteiger partial charge < -0.3 is 5.11 Å². The highest BCUT2D eigenvalue weighted by Crippen LogP contribution is 2.32. The summed E-state index contributed by atoms with van der Waals surface area (Å²) < 4.78 is 0. The van der Waals surface area contributed by atoms with Crippen molar-refractivity contribution in [2.75, 3.05) is 6.26 Å². The van der Waals surface area contributed by atoms with Crippen LogP contribution in [0.1, 0.15) is 25.8 Å². The van der Waals surface area contributed by atoms with Crippen molar-refractivity contribution in [2.24, 2.45) is 0 Å². The van der Waals surface area contributed by atoms with Gasteiger partial charge in [0.25, 0.3) is 0 Å². The molecule has 2 nitrogen and oxygen atoms in total. The van der Waals surface area contributed by atoms with Crippen LogP contribution in [0.4, 0.5) is 0 Å². The van der Waals surface area contributed by atoms with Gasteiger partial charge >= 0.3 is 5.97 Å². The number of rotatable bonds is 4. The topological polar surface area (TPSA) is 37.3 Å². The number of hydrogen-bond acceptors (Lipinski definition) is 2. The van der Waals surface area contributed by atoms with Crippen molar-refractivity contribution in [2.45, 2.75) is 30.6 Å². The first-order valence-corrected chi connectivity index (χ1v) is 6.52. The van der Waals surface area contributed by atoms with E-state index in [0.717, 1.165) is 10.5 Å². The molecule has 0 saturated heterocycles. The molecule has 1 aromatic carbocycles. The van der Waals surface area contributed by atoms with Crippen molar-refractivity contribution in [1.29, 1.82) is 0 Å². The maximum absolute atomic E-state index is 10.8. The second-order valence-electron chi connectivity index (χ2n) is 4.33. The maximum atomic E-state index is 10.8. The smallest absolute Gasteiger partial charge is 0.304 e. The van der Waals surface area contributed by atoms with E-state index in [1.807, 2.05) is 38.3 Å². The molecule has 4 heteroatoms. The van der Waals surface area contributed by atoms with Crippen molar-refractivity contribution >= 4 is 29.3 Å². The quantitative estimate of drug-likeness (QED) is 0.835. The Morgan fingerprint density at radius 2 is 2.06 bits per heavy atom. The molecule has 0 aliphatic heterocycles. The third kappa shape index (κ3) is 3.42. The molecule has 0 aliphatic rings. The van der Waals surface area contributed by atoms with Gasteiger partial charge in [-0.1, -0.05) is 25.4 Å². The van der Waals surface area contributed by atoms with E-state index in [2.05, 4.69) is 0 Å². The lowest BCUT2D eigenvalue weighted by atomic mass is 9.82. The first-order valence-electron chi connectivity index (χ1n) is 4.92. The van der Waals surface area contributed by atoms with Gasteiger partial charge in [-0.05, 0) is 30.0 Å². The molecule has 0 aliphatic carbocycles. The summed E-state index contributed by atoms with van der Waals surface area (Å²) in [6.07, 6.45) is 2.07. The molecule has 0 atom stereocenters. The third-order valence-corrected chi connectivity index (χ3v) is 3.41. The summed E-state index contributed by atoms with van der Waals surface area (Å²) in [5, 5.41) is 9.52. The summed E-state index contributed by atoms with van der Waals surface area (Å²) in [4.78, 5) is 11.8. The van der Waals surface area contributed by atoms with Gasteiger partial charge in [-0.15, -0.1) is 11.8 Å². The Morgan fingerprint density at radius 3 is 2.56 bits per heavy atom. The van der Waals surface area contributed by atoms with E-state index in [1.54, 1.807) is 11.8 Å². The number of thioether (sulfide) groups is 1. The molecule has 0 heterocycles. The summed E-state index contributed by atoms with van der Waals surface area (Å²) in [5.74, 6) is -0.796. The molecule has 1 N–H and O–H groups in total. The number of carboxylic acids is 1. The first kappa shape index (κ1) is 13.4. The predicted molar refractivity (Wildman–Crippen MR) is 68.5 cm³/mol. The molecule has 0 amide bonds. The Morgan fingerprint density at radius 1 is 1.44 bits per heavy atom.